The van der Waals surface area contributed by atoms with E-state index in [1.165, 1.54) is 6.07 Å². The van der Waals surface area contributed by atoms with Crippen molar-refractivity contribution in [2.24, 2.45) is 0 Å². The van der Waals surface area contributed by atoms with Gasteiger partial charge in [-0.2, -0.15) is 0 Å². The molecule has 0 spiro atoms. The van der Waals surface area contributed by atoms with E-state index in [0.29, 0.717) is 17.2 Å². The van der Waals surface area contributed by atoms with E-state index >= 15 is 0 Å². The van der Waals surface area contributed by atoms with Crippen molar-refractivity contribution < 1.29 is 19.4 Å². The third-order valence-corrected chi connectivity index (χ3v) is 2.60. The number of hydrogen-bond acceptors (Lipinski definition) is 3. The van der Waals surface area contributed by atoms with E-state index in [4.69, 9.17) is 14.6 Å². The van der Waals surface area contributed by atoms with E-state index in [0.717, 1.165) is 5.56 Å². The highest BCUT2D eigenvalue weighted by Crippen LogP contribution is 2.40. The molecule has 1 aliphatic heterocycles. The number of carboxylic acid groups (broad SMARTS) is 1. The molecule has 0 fully saturated rings. The normalized spacial score (nSPS) is 12.7. The Morgan fingerprint density at radius 3 is 2.88 bits per heavy atom. The quantitative estimate of drug-likeness (QED) is 0.830. The molecular weight excluding hydrogens is 222 g/mol. The van der Waals surface area contributed by atoms with E-state index in [9.17, 15) is 4.79 Å². The number of rotatable bonds is 2. The van der Waals surface area contributed by atoms with Crippen LogP contribution in [0.1, 0.15) is 10.5 Å². The molecule has 3 rings (SSSR count). The van der Waals surface area contributed by atoms with Crippen LogP contribution in [0.15, 0.2) is 30.3 Å². The van der Waals surface area contributed by atoms with Crippen LogP contribution >= 0.6 is 0 Å². The molecule has 1 aromatic carbocycles. The largest absolute Gasteiger partial charge is 0.477 e. The van der Waals surface area contributed by atoms with Gasteiger partial charge in [-0.1, -0.05) is 6.07 Å². The van der Waals surface area contributed by atoms with Crippen LogP contribution in [0, 0.1) is 0 Å². The Hall–Kier alpha value is -2.43. The van der Waals surface area contributed by atoms with Crippen LogP contribution in [0.25, 0.3) is 11.3 Å². The number of para-hydroxylation sites is 1. The molecule has 0 saturated carbocycles. The molecule has 0 atom stereocenters. The first-order valence-corrected chi connectivity index (χ1v) is 5.07. The highest BCUT2D eigenvalue weighted by Gasteiger charge is 2.19. The second-order valence-corrected chi connectivity index (χ2v) is 3.63. The van der Waals surface area contributed by atoms with Gasteiger partial charge in [-0.05, 0) is 24.3 Å². The van der Waals surface area contributed by atoms with Crippen molar-refractivity contribution in [2.45, 2.75) is 0 Å². The monoisotopic (exact) mass is 231 g/mol. The number of nitrogens with one attached hydrogen (secondary N) is 1. The van der Waals surface area contributed by atoms with E-state index in [1.54, 1.807) is 6.07 Å². The Labute approximate surface area is 96.6 Å². The molecule has 2 heterocycles. The summed E-state index contributed by atoms with van der Waals surface area (Å²) in [6, 6.07) is 8.73. The lowest BCUT2D eigenvalue weighted by atomic mass is 10.1. The molecule has 1 aromatic heterocycles. The van der Waals surface area contributed by atoms with Gasteiger partial charge < -0.3 is 19.6 Å². The van der Waals surface area contributed by atoms with Crippen molar-refractivity contribution in [1.82, 2.24) is 4.98 Å². The van der Waals surface area contributed by atoms with Gasteiger partial charge in [0.05, 0.1) is 0 Å². The SMILES string of the molecule is O=C(O)c1ccc(-c2cccc3c2OCO3)[nH]1. The molecule has 0 radical (unpaired) electrons. The summed E-state index contributed by atoms with van der Waals surface area (Å²) in [5.74, 6) is 0.334. The third-order valence-electron chi connectivity index (χ3n) is 2.60. The molecule has 1 aliphatic rings. The fourth-order valence-electron chi connectivity index (χ4n) is 1.82. The molecule has 2 N–H and O–H groups in total. The van der Waals surface area contributed by atoms with Crippen LogP contribution in [0.5, 0.6) is 11.5 Å². The van der Waals surface area contributed by atoms with Crippen molar-refractivity contribution in [1.29, 1.82) is 0 Å². The average molecular weight is 231 g/mol. The number of aromatic carboxylic acids is 1. The van der Waals surface area contributed by atoms with Crippen molar-refractivity contribution >= 4 is 5.97 Å². The average Bonchev–Trinajstić information content (AvgIpc) is 2.97. The first-order chi connectivity index (χ1) is 8.25. The molecule has 5 heteroatoms. The fraction of sp³-hybridized carbons (Fsp3) is 0.0833. The van der Waals surface area contributed by atoms with Crippen LogP contribution in [0.3, 0.4) is 0 Å². The standard InChI is InChI=1S/C12H9NO4/c14-12(15)9-5-4-8(13-9)7-2-1-3-10-11(7)17-6-16-10/h1-5,13H,6H2,(H,14,15). The Kier molecular flexibility index (Phi) is 2.04. The minimum absolute atomic E-state index is 0.150. The third kappa shape index (κ3) is 1.52. The highest BCUT2D eigenvalue weighted by atomic mass is 16.7. The lowest BCUT2D eigenvalue weighted by Gasteiger charge is -2.03. The van der Waals surface area contributed by atoms with Crippen molar-refractivity contribution in [3.05, 3.63) is 36.0 Å². The van der Waals surface area contributed by atoms with Gasteiger partial charge in [0.1, 0.15) is 5.69 Å². The smallest absolute Gasteiger partial charge is 0.352 e. The van der Waals surface area contributed by atoms with E-state index in [1.807, 2.05) is 18.2 Å². The van der Waals surface area contributed by atoms with Crippen LogP contribution in [-0.2, 0) is 0 Å². The van der Waals surface area contributed by atoms with Gasteiger partial charge in [0, 0.05) is 11.3 Å². The predicted octanol–water partition coefficient (Wildman–Crippen LogP) is 2.11. The summed E-state index contributed by atoms with van der Waals surface area (Å²) in [6.45, 7) is 0.193. The van der Waals surface area contributed by atoms with Gasteiger partial charge in [-0.3, -0.25) is 0 Å². The summed E-state index contributed by atoms with van der Waals surface area (Å²) in [4.78, 5) is 13.6. The second kappa shape index (κ2) is 3.55. The van der Waals surface area contributed by atoms with E-state index in [2.05, 4.69) is 4.98 Å². The Morgan fingerprint density at radius 1 is 1.24 bits per heavy atom. The summed E-state index contributed by atoms with van der Waals surface area (Å²) in [6.07, 6.45) is 0. The number of aromatic nitrogens is 1. The zero-order chi connectivity index (χ0) is 11.8. The topological polar surface area (TPSA) is 71.6 Å². The minimum Gasteiger partial charge on any atom is -0.477 e. The first kappa shape index (κ1) is 9.77. The first-order valence-electron chi connectivity index (χ1n) is 5.07. The van der Waals surface area contributed by atoms with Crippen molar-refractivity contribution in [2.75, 3.05) is 6.79 Å². The Balaban J connectivity index is 2.09. The number of benzene rings is 1. The summed E-state index contributed by atoms with van der Waals surface area (Å²) in [5.41, 5.74) is 1.65. The summed E-state index contributed by atoms with van der Waals surface area (Å²) in [5, 5.41) is 8.85. The fourth-order valence-corrected chi connectivity index (χ4v) is 1.82. The minimum atomic E-state index is -0.985. The maximum absolute atomic E-state index is 10.8. The number of carbonyl (C=O) groups is 1. The molecular formula is C12H9NO4. The molecule has 17 heavy (non-hydrogen) atoms. The van der Waals surface area contributed by atoms with Gasteiger partial charge in [0.15, 0.2) is 11.5 Å². The molecule has 0 saturated heterocycles. The molecule has 0 bridgehead atoms. The van der Waals surface area contributed by atoms with E-state index < -0.39 is 5.97 Å². The number of aromatic amines is 1. The molecule has 5 nitrogen and oxygen atoms in total. The van der Waals surface area contributed by atoms with Gasteiger partial charge in [-0.15, -0.1) is 0 Å². The Morgan fingerprint density at radius 2 is 2.12 bits per heavy atom. The van der Waals surface area contributed by atoms with Crippen LogP contribution in [0.4, 0.5) is 0 Å². The molecule has 0 amide bonds. The molecule has 86 valence electrons. The van der Waals surface area contributed by atoms with Crippen LogP contribution in [0.2, 0.25) is 0 Å². The number of ether oxygens (including phenoxy) is 2. The van der Waals surface area contributed by atoms with Gasteiger partial charge in [0.2, 0.25) is 6.79 Å². The number of hydrogen-bond donors (Lipinski definition) is 2. The van der Waals surface area contributed by atoms with Crippen molar-refractivity contribution in [3.63, 3.8) is 0 Å². The maximum Gasteiger partial charge on any atom is 0.352 e. The number of H-pyrrole nitrogens is 1. The summed E-state index contributed by atoms with van der Waals surface area (Å²) >= 11 is 0. The Bertz CT molecular complexity index is 588. The lowest BCUT2D eigenvalue weighted by Crippen LogP contribution is -1.96. The summed E-state index contributed by atoms with van der Waals surface area (Å²) in [7, 11) is 0. The predicted molar refractivity (Wildman–Crippen MR) is 59.3 cm³/mol. The van der Waals surface area contributed by atoms with Crippen molar-refractivity contribution in [3.8, 4) is 22.8 Å². The lowest BCUT2D eigenvalue weighted by molar-refractivity contribution is 0.0691. The number of carboxylic acids is 1. The van der Waals surface area contributed by atoms with Gasteiger partial charge in [0.25, 0.3) is 0 Å². The zero-order valence-corrected chi connectivity index (χ0v) is 8.77. The molecule has 2 aromatic rings. The molecule has 0 aliphatic carbocycles. The highest BCUT2D eigenvalue weighted by molar-refractivity contribution is 5.87. The van der Waals surface area contributed by atoms with Gasteiger partial charge in [-0.25, -0.2) is 4.79 Å². The summed E-state index contributed by atoms with van der Waals surface area (Å²) < 4.78 is 10.6. The zero-order valence-electron chi connectivity index (χ0n) is 8.77. The number of fused-ring (bicyclic) bond motifs is 1. The van der Waals surface area contributed by atoms with Crippen LogP contribution < -0.4 is 9.47 Å². The molecule has 0 unspecified atom stereocenters. The van der Waals surface area contributed by atoms with Crippen LogP contribution in [-0.4, -0.2) is 22.9 Å². The second-order valence-electron chi connectivity index (χ2n) is 3.63. The van der Waals surface area contributed by atoms with Gasteiger partial charge >= 0.3 is 5.97 Å². The van der Waals surface area contributed by atoms with E-state index in [-0.39, 0.29) is 12.5 Å². The maximum atomic E-state index is 10.8.